The van der Waals surface area contributed by atoms with Crippen molar-refractivity contribution >= 4 is 28.3 Å². The Morgan fingerprint density at radius 1 is 1.30 bits per heavy atom. The Kier molecular flexibility index (Phi) is 7.04. The van der Waals surface area contributed by atoms with Gasteiger partial charge in [0.2, 0.25) is 5.91 Å². The summed E-state index contributed by atoms with van der Waals surface area (Å²) in [6.45, 7) is 7.46. The van der Waals surface area contributed by atoms with E-state index in [9.17, 15) is 14.0 Å². The number of aromatic nitrogens is 1. The van der Waals surface area contributed by atoms with E-state index in [4.69, 9.17) is 4.74 Å². The minimum atomic E-state index is -0.963. The van der Waals surface area contributed by atoms with Crippen LogP contribution in [-0.4, -0.2) is 35.6 Å². The topological polar surface area (TPSA) is 80.3 Å². The summed E-state index contributed by atoms with van der Waals surface area (Å²) in [4.78, 5) is 28.8. The summed E-state index contributed by atoms with van der Waals surface area (Å²) < 4.78 is 18.1. The van der Waals surface area contributed by atoms with E-state index in [2.05, 4.69) is 15.6 Å². The highest BCUT2D eigenvalue weighted by molar-refractivity contribution is 7.14. The van der Waals surface area contributed by atoms with Crippen molar-refractivity contribution in [2.45, 2.75) is 33.2 Å². The SMILES string of the molecule is CCOC(=O)[C@@](C)(NCC(=O)Nc1nc(-c2ccc(F)cc2)cs1)C(C)C. The number of hydrogen-bond acceptors (Lipinski definition) is 6. The molecule has 146 valence electrons. The predicted molar refractivity (Wildman–Crippen MR) is 104 cm³/mol. The second-order valence-corrected chi connectivity index (χ2v) is 7.38. The van der Waals surface area contributed by atoms with Crippen LogP contribution in [0.4, 0.5) is 9.52 Å². The van der Waals surface area contributed by atoms with Crippen LogP contribution in [-0.2, 0) is 14.3 Å². The van der Waals surface area contributed by atoms with Crippen molar-refractivity contribution < 1.29 is 18.7 Å². The van der Waals surface area contributed by atoms with Gasteiger partial charge in [-0.25, -0.2) is 9.37 Å². The minimum absolute atomic E-state index is 0.0566. The van der Waals surface area contributed by atoms with Crippen LogP contribution in [0.2, 0.25) is 0 Å². The molecule has 27 heavy (non-hydrogen) atoms. The third-order valence-corrected chi connectivity index (χ3v) is 5.12. The average Bonchev–Trinajstić information content (AvgIpc) is 3.08. The summed E-state index contributed by atoms with van der Waals surface area (Å²) in [6.07, 6.45) is 0. The van der Waals surface area contributed by atoms with Crippen molar-refractivity contribution in [3.63, 3.8) is 0 Å². The standard InChI is InChI=1S/C19H24FN3O3S/c1-5-26-17(25)19(4,12(2)3)21-10-16(24)23-18-22-15(11-27-18)13-6-8-14(20)9-7-13/h6-9,11-12,21H,5,10H2,1-4H3,(H,22,23,24)/t19-/m0/s1. The number of halogens is 1. The highest BCUT2D eigenvalue weighted by Crippen LogP contribution is 2.25. The molecule has 1 heterocycles. The van der Waals surface area contributed by atoms with Crippen LogP contribution < -0.4 is 10.6 Å². The van der Waals surface area contributed by atoms with Gasteiger partial charge in [0.1, 0.15) is 11.4 Å². The summed E-state index contributed by atoms with van der Waals surface area (Å²) in [6, 6.07) is 5.98. The van der Waals surface area contributed by atoms with Crippen LogP contribution in [0.5, 0.6) is 0 Å². The molecule has 0 saturated heterocycles. The van der Waals surface area contributed by atoms with Crippen molar-refractivity contribution in [1.82, 2.24) is 10.3 Å². The van der Waals surface area contributed by atoms with Gasteiger partial charge in [0, 0.05) is 10.9 Å². The number of amides is 1. The third kappa shape index (κ3) is 5.33. The second kappa shape index (κ2) is 9.05. The molecule has 6 nitrogen and oxygen atoms in total. The van der Waals surface area contributed by atoms with Crippen LogP contribution in [0.25, 0.3) is 11.3 Å². The number of ether oxygens (including phenoxy) is 1. The predicted octanol–water partition coefficient (Wildman–Crippen LogP) is 3.46. The highest BCUT2D eigenvalue weighted by Gasteiger charge is 2.38. The zero-order valence-electron chi connectivity index (χ0n) is 15.8. The lowest BCUT2D eigenvalue weighted by molar-refractivity contribution is -0.152. The van der Waals surface area contributed by atoms with Gasteiger partial charge in [0.15, 0.2) is 5.13 Å². The van der Waals surface area contributed by atoms with Crippen molar-refractivity contribution in [3.8, 4) is 11.3 Å². The number of rotatable bonds is 8. The maximum Gasteiger partial charge on any atom is 0.326 e. The minimum Gasteiger partial charge on any atom is -0.465 e. The fourth-order valence-corrected chi connectivity index (χ4v) is 3.04. The number of anilines is 1. The molecule has 8 heteroatoms. The normalized spacial score (nSPS) is 13.3. The molecule has 0 unspecified atom stereocenters. The zero-order chi connectivity index (χ0) is 20.0. The number of carbonyl (C=O) groups excluding carboxylic acids is 2. The highest BCUT2D eigenvalue weighted by atomic mass is 32.1. The Hall–Kier alpha value is -2.32. The van der Waals surface area contributed by atoms with Gasteiger partial charge in [0.05, 0.1) is 18.8 Å². The number of nitrogens with zero attached hydrogens (tertiary/aromatic N) is 1. The Bertz CT molecular complexity index is 792. The molecule has 0 aliphatic rings. The van der Waals surface area contributed by atoms with E-state index in [1.165, 1.54) is 23.5 Å². The van der Waals surface area contributed by atoms with E-state index >= 15 is 0 Å². The first kappa shape index (κ1) is 21.0. The maximum absolute atomic E-state index is 13.0. The number of hydrogen-bond donors (Lipinski definition) is 2. The molecule has 0 spiro atoms. The molecular formula is C19H24FN3O3S. The lowest BCUT2D eigenvalue weighted by Crippen LogP contribution is -2.56. The number of esters is 1. The second-order valence-electron chi connectivity index (χ2n) is 6.52. The van der Waals surface area contributed by atoms with E-state index in [-0.39, 0.29) is 36.8 Å². The average molecular weight is 393 g/mol. The van der Waals surface area contributed by atoms with Crippen LogP contribution in [0, 0.1) is 11.7 Å². The Morgan fingerprint density at radius 2 is 1.96 bits per heavy atom. The van der Waals surface area contributed by atoms with E-state index in [1.807, 2.05) is 13.8 Å². The first-order chi connectivity index (χ1) is 12.8. The van der Waals surface area contributed by atoms with E-state index in [1.54, 1.807) is 31.4 Å². The van der Waals surface area contributed by atoms with Crippen LogP contribution in [0.3, 0.4) is 0 Å². The lowest BCUT2D eigenvalue weighted by Gasteiger charge is -2.32. The Balaban J connectivity index is 1.97. The van der Waals surface area contributed by atoms with Crippen molar-refractivity contribution in [2.24, 2.45) is 5.92 Å². The van der Waals surface area contributed by atoms with Gasteiger partial charge in [-0.1, -0.05) is 13.8 Å². The molecule has 1 atom stereocenters. The molecule has 2 N–H and O–H groups in total. The van der Waals surface area contributed by atoms with Crippen LogP contribution >= 0.6 is 11.3 Å². The van der Waals surface area contributed by atoms with Crippen molar-refractivity contribution in [3.05, 3.63) is 35.5 Å². The number of carbonyl (C=O) groups is 2. The summed E-state index contributed by atoms with van der Waals surface area (Å²) in [5.74, 6) is -1.08. The van der Waals surface area contributed by atoms with Gasteiger partial charge in [0.25, 0.3) is 0 Å². The van der Waals surface area contributed by atoms with E-state index in [0.717, 1.165) is 5.56 Å². The molecule has 0 fully saturated rings. The zero-order valence-corrected chi connectivity index (χ0v) is 16.7. The Labute approximate surface area is 162 Å². The molecule has 0 radical (unpaired) electrons. The summed E-state index contributed by atoms with van der Waals surface area (Å²) in [5, 5.41) is 7.92. The van der Waals surface area contributed by atoms with Gasteiger partial charge < -0.3 is 10.1 Å². The smallest absolute Gasteiger partial charge is 0.326 e. The van der Waals surface area contributed by atoms with E-state index in [0.29, 0.717) is 10.8 Å². The first-order valence-corrected chi connectivity index (χ1v) is 9.57. The van der Waals surface area contributed by atoms with Crippen molar-refractivity contribution in [2.75, 3.05) is 18.5 Å². The maximum atomic E-state index is 13.0. The Morgan fingerprint density at radius 3 is 2.56 bits per heavy atom. The first-order valence-electron chi connectivity index (χ1n) is 8.69. The van der Waals surface area contributed by atoms with Gasteiger partial charge in [-0.15, -0.1) is 11.3 Å². The molecule has 0 bridgehead atoms. The van der Waals surface area contributed by atoms with Gasteiger partial charge in [-0.3, -0.25) is 14.9 Å². The lowest BCUT2D eigenvalue weighted by atomic mass is 9.88. The number of thiazole rings is 1. The molecule has 2 aromatic rings. The molecule has 2 rings (SSSR count). The number of benzene rings is 1. The van der Waals surface area contributed by atoms with Gasteiger partial charge in [-0.2, -0.15) is 0 Å². The monoisotopic (exact) mass is 393 g/mol. The molecule has 1 aromatic heterocycles. The molecule has 1 amide bonds. The molecule has 0 aliphatic heterocycles. The fraction of sp³-hybridized carbons (Fsp3) is 0.421. The van der Waals surface area contributed by atoms with Crippen LogP contribution in [0.15, 0.2) is 29.6 Å². The van der Waals surface area contributed by atoms with Gasteiger partial charge >= 0.3 is 5.97 Å². The molecule has 0 aliphatic carbocycles. The largest absolute Gasteiger partial charge is 0.465 e. The van der Waals surface area contributed by atoms with Gasteiger partial charge in [-0.05, 0) is 44.0 Å². The van der Waals surface area contributed by atoms with Crippen molar-refractivity contribution in [1.29, 1.82) is 0 Å². The van der Waals surface area contributed by atoms with E-state index < -0.39 is 5.54 Å². The molecule has 1 aromatic carbocycles. The quantitative estimate of drug-likeness (QED) is 0.672. The summed E-state index contributed by atoms with van der Waals surface area (Å²) in [7, 11) is 0. The third-order valence-electron chi connectivity index (χ3n) is 4.36. The van der Waals surface area contributed by atoms with Crippen LogP contribution in [0.1, 0.15) is 27.7 Å². The fourth-order valence-electron chi connectivity index (χ4n) is 2.30. The molecule has 0 saturated carbocycles. The number of nitrogens with one attached hydrogen (secondary N) is 2. The summed E-state index contributed by atoms with van der Waals surface area (Å²) in [5.41, 5.74) is 0.456. The summed E-state index contributed by atoms with van der Waals surface area (Å²) >= 11 is 1.27. The molecular weight excluding hydrogens is 369 g/mol.